The van der Waals surface area contributed by atoms with Crippen molar-refractivity contribution < 1.29 is 32.2 Å². The Kier molecular flexibility index (Phi) is 4.55. The van der Waals surface area contributed by atoms with Crippen molar-refractivity contribution in [1.29, 1.82) is 5.26 Å². The van der Waals surface area contributed by atoms with E-state index in [2.05, 4.69) is 0 Å². The van der Waals surface area contributed by atoms with E-state index in [9.17, 15) is 37.4 Å². The van der Waals surface area contributed by atoms with Crippen molar-refractivity contribution >= 4 is 22.5 Å². The molecule has 0 amide bonds. The summed E-state index contributed by atoms with van der Waals surface area (Å²) >= 11 is 1.12. The first kappa shape index (κ1) is 19.9. The first-order valence-corrected chi connectivity index (χ1v) is 9.37. The molecule has 0 saturated carbocycles. The summed E-state index contributed by atoms with van der Waals surface area (Å²) in [7, 11) is 0. The van der Waals surface area contributed by atoms with Gasteiger partial charge in [0.1, 0.15) is 17.6 Å². The number of hydrogen-bond acceptors (Lipinski definition) is 4. The smallest absolute Gasteiger partial charge is 0.416 e. The minimum Gasteiger partial charge on any atom is -0.508 e. The molecule has 9 heteroatoms. The van der Waals surface area contributed by atoms with Gasteiger partial charge in [-0.05, 0) is 52.3 Å². The van der Waals surface area contributed by atoms with Gasteiger partial charge in [-0.1, -0.05) is 0 Å². The minimum absolute atomic E-state index is 0.0138. The van der Waals surface area contributed by atoms with Crippen LogP contribution in [0.15, 0.2) is 35.0 Å². The molecule has 0 unspecified atom stereocenters. The molecule has 0 fully saturated rings. The van der Waals surface area contributed by atoms with E-state index in [-0.39, 0.29) is 39.0 Å². The van der Waals surface area contributed by atoms with Gasteiger partial charge >= 0.3 is 6.18 Å². The number of allylic oxidation sites excluding steroid dienone is 1. The molecule has 152 valence electrons. The fraction of sp³-hybridized carbons (Fsp3) is 0.0952. The summed E-state index contributed by atoms with van der Waals surface area (Å²) in [6.45, 7) is 0. The van der Waals surface area contributed by atoms with Gasteiger partial charge in [0, 0.05) is 22.6 Å². The largest absolute Gasteiger partial charge is 0.508 e. The molecule has 2 N–H and O–H groups in total. The number of nitriles is 1. The van der Waals surface area contributed by atoms with Crippen LogP contribution in [0.4, 0.5) is 22.0 Å². The Labute approximate surface area is 170 Å². The Balaban J connectivity index is 2.08. The summed E-state index contributed by atoms with van der Waals surface area (Å²) in [5, 5.41) is 31.7. The predicted molar refractivity (Wildman–Crippen MR) is 99.8 cm³/mol. The van der Waals surface area contributed by atoms with Crippen LogP contribution in [0.1, 0.15) is 33.4 Å². The summed E-state index contributed by atoms with van der Waals surface area (Å²) in [5.74, 6) is -3.75. The van der Waals surface area contributed by atoms with Crippen molar-refractivity contribution in [3.05, 3.63) is 80.0 Å². The molecule has 3 nitrogen and oxygen atoms in total. The maximum atomic E-state index is 14.6. The van der Waals surface area contributed by atoms with Gasteiger partial charge in [0.2, 0.25) is 0 Å². The van der Waals surface area contributed by atoms with Crippen LogP contribution in [-0.4, -0.2) is 10.2 Å². The number of thiophene rings is 1. The number of benzene rings is 2. The predicted octanol–water partition coefficient (Wildman–Crippen LogP) is 5.84. The van der Waals surface area contributed by atoms with E-state index < -0.39 is 41.3 Å². The van der Waals surface area contributed by atoms with E-state index in [4.69, 9.17) is 0 Å². The number of hydrogen-bond donors (Lipinski definition) is 2. The molecule has 2 aromatic carbocycles. The van der Waals surface area contributed by atoms with Crippen LogP contribution in [0.3, 0.4) is 0 Å². The van der Waals surface area contributed by atoms with Gasteiger partial charge in [0.05, 0.1) is 11.1 Å². The van der Waals surface area contributed by atoms with Crippen LogP contribution in [0.25, 0.3) is 11.1 Å². The number of halogens is 5. The van der Waals surface area contributed by atoms with Crippen molar-refractivity contribution in [2.75, 3.05) is 0 Å². The number of phenols is 2. The second kappa shape index (κ2) is 6.85. The van der Waals surface area contributed by atoms with Crippen LogP contribution in [0.5, 0.6) is 11.5 Å². The van der Waals surface area contributed by atoms with Crippen LogP contribution < -0.4 is 0 Å². The Bertz CT molecular complexity index is 1270. The van der Waals surface area contributed by atoms with E-state index in [1.807, 2.05) is 6.07 Å². The molecule has 0 radical (unpaired) electrons. The number of rotatable bonds is 2. The summed E-state index contributed by atoms with van der Waals surface area (Å²) in [6.07, 6.45) is -5.20. The molecule has 0 atom stereocenters. The lowest BCUT2D eigenvalue weighted by atomic mass is 9.93. The molecule has 0 aliphatic heterocycles. The van der Waals surface area contributed by atoms with Crippen molar-refractivity contribution in [2.45, 2.75) is 12.6 Å². The van der Waals surface area contributed by atoms with Gasteiger partial charge < -0.3 is 10.2 Å². The number of nitrogens with zero attached hydrogens (tertiary/aromatic N) is 1. The molecule has 0 saturated heterocycles. The molecule has 1 heterocycles. The van der Waals surface area contributed by atoms with Gasteiger partial charge in [-0.25, -0.2) is 8.78 Å². The van der Waals surface area contributed by atoms with E-state index >= 15 is 0 Å². The van der Waals surface area contributed by atoms with E-state index in [1.165, 1.54) is 10.8 Å². The number of fused-ring (bicyclic) bond motifs is 1. The zero-order chi connectivity index (χ0) is 21.8. The fourth-order valence-electron chi connectivity index (χ4n) is 3.63. The second-order valence-corrected chi connectivity index (χ2v) is 7.39. The molecule has 0 spiro atoms. The lowest BCUT2D eigenvalue weighted by Crippen LogP contribution is -2.09. The van der Waals surface area contributed by atoms with Crippen LogP contribution in [-0.2, 0) is 12.6 Å². The average molecular weight is 435 g/mol. The Morgan fingerprint density at radius 2 is 1.67 bits per heavy atom. The lowest BCUT2D eigenvalue weighted by Gasteiger charge is -2.14. The first-order valence-electron chi connectivity index (χ1n) is 8.43. The summed E-state index contributed by atoms with van der Waals surface area (Å²) in [5.41, 5.74) is -1.13. The van der Waals surface area contributed by atoms with E-state index in [1.54, 1.807) is 0 Å². The summed E-state index contributed by atoms with van der Waals surface area (Å²) < 4.78 is 69.5. The maximum absolute atomic E-state index is 14.6. The highest BCUT2D eigenvalue weighted by Gasteiger charge is 2.39. The number of alkyl halides is 3. The first-order chi connectivity index (χ1) is 14.1. The van der Waals surface area contributed by atoms with Crippen molar-refractivity contribution in [2.24, 2.45) is 0 Å². The lowest BCUT2D eigenvalue weighted by molar-refractivity contribution is -0.138. The normalized spacial score (nSPS) is 13.5. The fourth-order valence-corrected chi connectivity index (χ4v) is 4.40. The third kappa shape index (κ3) is 3.09. The number of aromatic hydroxyl groups is 2. The Morgan fingerprint density at radius 3 is 2.33 bits per heavy atom. The monoisotopic (exact) mass is 435 g/mol. The molecule has 1 aliphatic rings. The van der Waals surface area contributed by atoms with Crippen LogP contribution in [0, 0.1) is 23.0 Å². The maximum Gasteiger partial charge on any atom is 0.416 e. The topological polar surface area (TPSA) is 64.2 Å². The average Bonchev–Trinajstić information content (AvgIpc) is 3.26. The number of phenolic OH excluding ortho intramolecular Hbond substituents is 2. The van der Waals surface area contributed by atoms with Crippen LogP contribution >= 0.6 is 11.3 Å². The molecule has 0 bridgehead atoms. The van der Waals surface area contributed by atoms with E-state index in [0.29, 0.717) is 18.2 Å². The molecule has 1 aliphatic carbocycles. The Morgan fingerprint density at radius 1 is 0.933 bits per heavy atom. The van der Waals surface area contributed by atoms with Gasteiger partial charge in [0.25, 0.3) is 0 Å². The van der Waals surface area contributed by atoms with Gasteiger partial charge in [-0.2, -0.15) is 29.8 Å². The molecule has 4 rings (SSSR count). The molecule has 3 aromatic rings. The summed E-state index contributed by atoms with van der Waals surface area (Å²) in [6, 6.07) is 4.87. The molecular weight excluding hydrogens is 425 g/mol. The quantitative estimate of drug-likeness (QED) is 0.497. The summed E-state index contributed by atoms with van der Waals surface area (Å²) in [4.78, 5) is 0. The van der Waals surface area contributed by atoms with Crippen molar-refractivity contribution in [3.8, 4) is 17.6 Å². The van der Waals surface area contributed by atoms with E-state index in [0.717, 1.165) is 17.4 Å². The second-order valence-electron chi connectivity index (χ2n) is 6.64. The molecule has 30 heavy (non-hydrogen) atoms. The van der Waals surface area contributed by atoms with Gasteiger partial charge in [0.15, 0.2) is 11.6 Å². The van der Waals surface area contributed by atoms with Gasteiger partial charge in [-0.3, -0.25) is 0 Å². The van der Waals surface area contributed by atoms with Crippen LogP contribution in [0.2, 0.25) is 0 Å². The highest BCUT2D eigenvalue weighted by molar-refractivity contribution is 7.08. The minimum atomic E-state index is -4.80. The third-order valence-corrected chi connectivity index (χ3v) is 5.62. The molecule has 1 aromatic heterocycles. The van der Waals surface area contributed by atoms with Crippen molar-refractivity contribution in [1.82, 2.24) is 0 Å². The Hall–Kier alpha value is -3.38. The zero-order valence-electron chi connectivity index (χ0n) is 14.8. The van der Waals surface area contributed by atoms with Gasteiger partial charge in [-0.15, -0.1) is 0 Å². The zero-order valence-corrected chi connectivity index (χ0v) is 15.6. The highest BCUT2D eigenvalue weighted by Crippen LogP contribution is 2.49. The molecular formula is C21H10F5NO2S. The highest BCUT2D eigenvalue weighted by atomic mass is 32.1. The SMILES string of the molecule is N#Cc1cscc1C1=C(c2cc(F)c(O)cc2F)Cc2c1cc(O)cc2C(F)(F)F. The standard InChI is InChI=1S/C21H10F5NO2S/c22-17-5-19(29)18(23)4-12(17)14-3-11-13(1-10(28)2-16(11)21(24,25)26)20(14)15-8-30-7-9(15)6-27/h1-2,4-5,7-8,28-29H,3H2. The van der Waals surface area contributed by atoms with Crippen molar-refractivity contribution in [3.63, 3.8) is 0 Å². The third-order valence-electron chi connectivity index (χ3n) is 4.88.